The number of hydrogen-bond acceptors (Lipinski definition) is 3. The molecular weight excluding hydrogens is 226 g/mol. The monoisotopic (exact) mass is 253 g/mol. The molecular formula is C15H27NO2. The van der Waals surface area contributed by atoms with Crippen LogP contribution in [-0.2, 0) is 9.53 Å². The first-order valence-corrected chi connectivity index (χ1v) is 7.68. The summed E-state index contributed by atoms with van der Waals surface area (Å²) in [6.07, 6.45) is 9.68. The smallest absolute Gasteiger partial charge is 0.305 e. The Bertz CT molecular complexity index is 267. The Balaban J connectivity index is 1.43. The largest absolute Gasteiger partial charge is 0.466 e. The number of rotatable bonds is 8. The van der Waals surface area contributed by atoms with Crippen molar-refractivity contribution >= 4 is 5.97 Å². The number of carbonyl (C=O) groups is 1. The van der Waals surface area contributed by atoms with Gasteiger partial charge in [-0.05, 0) is 57.4 Å². The summed E-state index contributed by atoms with van der Waals surface area (Å²) in [6, 6.07) is 0.800. The molecule has 0 saturated heterocycles. The topological polar surface area (TPSA) is 38.3 Å². The van der Waals surface area contributed by atoms with E-state index in [2.05, 4.69) is 5.32 Å². The van der Waals surface area contributed by atoms with E-state index >= 15 is 0 Å². The van der Waals surface area contributed by atoms with Crippen LogP contribution in [0.5, 0.6) is 0 Å². The Morgan fingerprint density at radius 2 is 2.11 bits per heavy atom. The Kier molecular flexibility index (Phi) is 5.48. The Morgan fingerprint density at radius 3 is 2.78 bits per heavy atom. The summed E-state index contributed by atoms with van der Waals surface area (Å²) in [6.45, 7) is 3.48. The fourth-order valence-corrected chi connectivity index (χ4v) is 3.59. The molecule has 2 aliphatic rings. The zero-order valence-electron chi connectivity index (χ0n) is 11.6. The van der Waals surface area contributed by atoms with Crippen LogP contribution in [-0.4, -0.2) is 25.2 Å². The molecule has 2 bridgehead atoms. The van der Waals surface area contributed by atoms with Crippen molar-refractivity contribution in [3.63, 3.8) is 0 Å². The minimum absolute atomic E-state index is 0.0430. The minimum Gasteiger partial charge on any atom is -0.466 e. The van der Waals surface area contributed by atoms with Crippen molar-refractivity contribution in [2.75, 3.05) is 13.2 Å². The van der Waals surface area contributed by atoms with Crippen LogP contribution in [0.1, 0.15) is 58.3 Å². The third-order valence-electron chi connectivity index (χ3n) is 4.51. The van der Waals surface area contributed by atoms with Crippen LogP contribution in [0.15, 0.2) is 0 Å². The highest BCUT2D eigenvalue weighted by Gasteiger charge is 2.38. The number of fused-ring (bicyclic) bond motifs is 2. The molecule has 0 amide bonds. The highest BCUT2D eigenvalue weighted by molar-refractivity contribution is 5.69. The Hall–Kier alpha value is -0.570. The Labute approximate surface area is 111 Å². The fraction of sp³-hybridized carbons (Fsp3) is 0.933. The maximum Gasteiger partial charge on any atom is 0.305 e. The summed E-state index contributed by atoms with van der Waals surface area (Å²) in [4.78, 5) is 11.1. The van der Waals surface area contributed by atoms with Gasteiger partial charge >= 0.3 is 5.97 Å². The van der Waals surface area contributed by atoms with Crippen LogP contribution in [0.25, 0.3) is 0 Å². The first-order chi connectivity index (χ1) is 8.79. The van der Waals surface area contributed by atoms with E-state index in [-0.39, 0.29) is 5.97 Å². The van der Waals surface area contributed by atoms with Gasteiger partial charge in [0, 0.05) is 12.5 Å². The Morgan fingerprint density at radius 1 is 1.22 bits per heavy atom. The number of nitrogens with one attached hydrogen (secondary N) is 1. The van der Waals surface area contributed by atoms with Crippen molar-refractivity contribution in [3.8, 4) is 0 Å². The molecule has 2 aliphatic carbocycles. The number of carbonyl (C=O) groups excluding carboxylic acids is 1. The highest BCUT2D eigenvalue weighted by atomic mass is 16.5. The molecule has 3 atom stereocenters. The van der Waals surface area contributed by atoms with Gasteiger partial charge in [0.15, 0.2) is 0 Å². The van der Waals surface area contributed by atoms with Gasteiger partial charge in [-0.2, -0.15) is 0 Å². The minimum atomic E-state index is -0.0430. The predicted molar refractivity (Wildman–Crippen MR) is 72.3 cm³/mol. The summed E-state index contributed by atoms with van der Waals surface area (Å²) < 4.78 is 4.91. The molecule has 2 saturated carbocycles. The lowest BCUT2D eigenvalue weighted by molar-refractivity contribution is -0.143. The van der Waals surface area contributed by atoms with Gasteiger partial charge in [0.2, 0.25) is 0 Å². The number of unbranched alkanes of at least 4 members (excludes halogenated alkanes) is 2. The second-order valence-corrected chi connectivity index (χ2v) is 5.85. The first kappa shape index (κ1) is 13.9. The zero-order valence-corrected chi connectivity index (χ0v) is 11.6. The second kappa shape index (κ2) is 7.13. The van der Waals surface area contributed by atoms with Crippen molar-refractivity contribution in [2.24, 2.45) is 11.8 Å². The summed E-state index contributed by atoms with van der Waals surface area (Å²) in [5.41, 5.74) is 0. The molecule has 0 aromatic rings. The molecule has 104 valence electrons. The van der Waals surface area contributed by atoms with Crippen molar-refractivity contribution in [1.82, 2.24) is 5.32 Å². The molecule has 0 spiro atoms. The van der Waals surface area contributed by atoms with Crippen molar-refractivity contribution in [3.05, 3.63) is 0 Å². The molecule has 0 aromatic heterocycles. The molecule has 3 unspecified atom stereocenters. The van der Waals surface area contributed by atoms with Gasteiger partial charge in [-0.1, -0.05) is 12.8 Å². The first-order valence-electron chi connectivity index (χ1n) is 7.68. The summed E-state index contributed by atoms with van der Waals surface area (Å²) in [7, 11) is 0. The van der Waals surface area contributed by atoms with Gasteiger partial charge in [0.1, 0.15) is 0 Å². The maximum atomic E-state index is 11.1. The fourth-order valence-electron chi connectivity index (χ4n) is 3.59. The van der Waals surface area contributed by atoms with E-state index in [1.54, 1.807) is 0 Å². The summed E-state index contributed by atoms with van der Waals surface area (Å²) in [5, 5.41) is 3.71. The average molecular weight is 253 g/mol. The molecule has 0 aromatic carbocycles. The van der Waals surface area contributed by atoms with E-state index in [9.17, 15) is 4.79 Å². The standard InChI is InChI=1S/C15H27NO2/c1-2-18-15(17)6-4-3-5-9-16-14-11-12-7-8-13(14)10-12/h12-14,16H,2-11H2,1H3. The van der Waals surface area contributed by atoms with Crippen LogP contribution in [0.2, 0.25) is 0 Å². The average Bonchev–Trinajstić information content (AvgIpc) is 2.96. The molecule has 0 radical (unpaired) electrons. The van der Waals surface area contributed by atoms with Crippen molar-refractivity contribution in [1.29, 1.82) is 0 Å². The lowest BCUT2D eigenvalue weighted by atomic mass is 9.95. The van der Waals surface area contributed by atoms with Gasteiger partial charge < -0.3 is 10.1 Å². The number of ether oxygens (including phenoxy) is 1. The molecule has 1 N–H and O–H groups in total. The summed E-state index contributed by atoms with van der Waals surface area (Å²) >= 11 is 0. The zero-order chi connectivity index (χ0) is 12.8. The molecule has 3 heteroatoms. The third-order valence-corrected chi connectivity index (χ3v) is 4.51. The van der Waals surface area contributed by atoms with E-state index in [0.717, 1.165) is 37.3 Å². The van der Waals surface area contributed by atoms with Gasteiger partial charge in [0.05, 0.1) is 6.61 Å². The van der Waals surface area contributed by atoms with Gasteiger partial charge in [0.25, 0.3) is 0 Å². The van der Waals surface area contributed by atoms with Crippen LogP contribution in [0.3, 0.4) is 0 Å². The van der Waals surface area contributed by atoms with Gasteiger partial charge in [-0.3, -0.25) is 4.79 Å². The normalized spacial score (nSPS) is 29.7. The van der Waals surface area contributed by atoms with E-state index < -0.39 is 0 Å². The summed E-state index contributed by atoms with van der Waals surface area (Å²) in [5.74, 6) is 1.95. The van der Waals surface area contributed by atoms with Gasteiger partial charge in [-0.25, -0.2) is 0 Å². The maximum absolute atomic E-state index is 11.1. The molecule has 2 fully saturated rings. The third kappa shape index (κ3) is 3.98. The quantitative estimate of drug-likeness (QED) is 0.534. The van der Waals surface area contributed by atoms with E-state index in [4.69, 9.17) is 4.74 Å². The van der Waals surface area contributed by atoms with Crippen molar-refractivity contribution < 1.29 is 9.53 Å². The molecule has 0 heterocycles. The lowest BCUT2D eigenvalue weighted by Gasteiger charge is -2.22. The molecule has 18 heavy (non-hydrogen) atoms. The van der Waals surface area contributed by atoms with Crippen LogP contribution >= 0.6 is 0 Å². The van der Waals surface area contributed by atoms with Crippen molar-refractivity contribution in [2.45, 2.75) is 64.3 Å². The highest BCUT2D eigenvalue weighted by Crippen LogP contribution is 2.44. The predicted octanol–water partition coefficient (Wildman–Crippen LogP) is 2.89. The molecule has 3 nitrogen and oxygen atoms in total. The molecule has 2 rings (SSSR count). The van der Waals surface area contributed by atoms with Gasteiger partial charge in [-0.15, -0.1) is 0 Å². The van der Waals surface area contributed by atoms with Crippen LogP contribution < -0.4 is 5.32 Å². The lowest BCUT2D eigenvalue weighted by Crippen LogP contribution is -2.34. The SMILES string of the molecule is CCOC(=O)CCCCCNC1CC2CCC1C2. The van der Waals surface area contributed by atoms with Crippen LogP contribution in [0, 0.1) is 11.8 Å². The van der Waals surface area contributed by atoms with E-state index in [0.29, 0.717) is 13.0 Å². The van der Waals surface area contributed by atoms with E-state index in [1.165, 1.54) is 32.1 Å². The van der Waals surface area contributed by atoms with E-state index in [1.807, 2.05) is 6.92 Å². The molecule has 0 aliphatic heterocycles. The number of esters is 1. The second-order valence-electron chi connectivity index (χ2n) is 5.85. The van der Waals surface area contributed by atoms with Crippen LogP contribution in [0.4, 0.5) is 0 Å². The number of hydrogen-bond donors (Lipinski definition) is 1.